The maximum Gasteiger partial charge on any atom is 0.258 e. The Bertz CT molecular complexity index is 673. The molecule has 0 fully saturated rings. The summed E-state index contributed by atoms with van der Waals surface area (Å²) in [6.45, 7) is 3.84. The Morgan fingerprint density at radius 2 is 1.95 bits per heavy atom. The highest BCUT2D eigenvalue weighted by molar-refractivity contribution is 6.34. The Hall–Kier alpha value is -1.71. The topological polar surface area (TPSA) is 38.3 Å². The Labute approximate surface area is 140 Å². The van der Waals surface area contributed by atoms with Crippen molar-refractivity contribution in [3.05, 3.63) is 63.6 Å². The van der Waals surface area contributed by atoms with Gasteiger partial charge in [-0.25, -0.2) is 0 Å². The first-order chi connectivity index (χ1) is 10.5. The minimum absolute atomic E-state index is 0.0906. The van der Waals surface area contributed by atoms with E-state index in [-0.39, 0.29) is 18.6 Å². The molecule has 0 aliphatic rings. The highest BCUT2D eigenvalue weighted by Gasteiger charge is 2.12. The van der Waals surface area contributed by atoms with Crippen LogP contribution in [0.3, 0.4) is 0 Å². The molecule has 3 nitrogen and oxygen atoms in total. The molecular formula is C17H17Cl2NO2. The zero-order chi connectivity index (χ0) is 16.1. The van der Waals surface area contributed by atoms with Crippen molar-refractivity contribution in [3.63, 3.8) is 0 Å². The number of ether oxygens (including phenoxy) is 1. The van der Waals surface area contributed by atoms with Crippen molar-refractivity contribution >= 4 is 29.1 Å². The van der Waals surface area contributed by atoms with Crippen molar-refractivity contribution < 1.29 is 9.53 Å². The van der Waals surface area contributed by atoms with Crippen LogP contribution in [0.1, 0.15) is 24.1 Å². The predicted octanol–water partition coefficient (Wildman–Crippen LogP) is 4.56. The molecule has 2 aromatic rings. The van der Waals surface area contributed by atoms with E-state index in [2.05, 4.69) is 5.32 Å². The lowest BCUT2D eigenvalue weighted by Gasteiger charge is -2.17. The zero-order valence-corrected chi connectivity index (χ0v) is 13.9. The van der Waals surface area contributed by atoms with Gasteiger partial charge in [0.15, 0.2) is 6.61 Å². The summed E-state index contributed by atoms with van der Waals surface area (Å²) in [4.78, 5) is 12.0. The molecule has 22 heavy (non-hydrogen) atoms. The molecule has 0 radical (unpaired) electrons. The minimum Gasteiger partial charge on any atom is -0.482 e. The lowest BCUT2D eigenvalue weighted by atomic mass is 10.0. The fourth-order valence-electron chi connectivity index (χ4n) is 2.16. The predicted molar refractivity (Wildman–Crippen MR) is 89.7 cm³/mol. The lowest BCUT2D eigenvalue weighted by molar-refractivity contribution is -0.123. The molecule has 1 atom stereocenters. The first kappa shape index (κ1) is 16.7. The smallest absolute Gasteiger partial charge is 0.258 e. The summed E-state index contributed by atoms with van der Waals surface area (Å²) < 4.78 is 5.42. The first-order valence-corrected chi connectivity index (χ1v) is 7.65. The molecule has 0 spiro atoms. The van der Waals surface area contributed by atoms with Gasteiger partial charge in [-0.05, 0) is 37.1 Å². The molecule has 0 aliphatic heterocycles. The number of nitrogens with one attached hydrogen (secondary N) is 1. The quantitative estimate of drug-likeness (QED) is 0.868. The summed E-state index contributed by atoms with van der Waals surface area (Å²) in [5.41, 5.74) is 2.21. The summed E-state index contributed by atoms with van der Waals surface area (Å²) in [5, 5.41) is 3.83. The molecule has 116 valence electrons. The maximum absolute atomic E-state index is 12.0. The van der Waals surface area contributed by atoms with Crippen molar-refractivity contribution in [1.82, 2.24) is 5.32 Å². The van der Waals surface area contributed by atoms with Crippen molar-refractivity contribution in [2.75, 3.05) is 6.61 Å². The number of hydrogen-bond donors (Lipinski definition) is 1. The summed E-state index contributed by atoms with van der Waals surface area (Å²) in [6.07, 6.45) is 0. The van der Waals surface area contributed by atoms with Crippen LogP contribution in [-0.2, 0) is 4.79 Å². The number of halogens is 2. The molecule has 0 aromatic heterocycles. The minimum atomic E-state index is -0.216. The van der Waals surface area contributed by atoms with E-state index >= 15 is 0 Å². The van der Waals surface area contributed by atoms with E-state index in [1.807, 2.05) is 38.1 Å². The third kappa shape index (κ3) is 4.39. The van der Waals surface area contributed by atoms with Gasteiger partial charge in [-0.15, -0.1) is 0 Å². The molecule has 2 rings (SSSR count). The second-order valence-electron chi connectivity index (χ2n) is 5.01. The van der Waals surface area contributed by atoms with E-state index < -0.39 is 0 Å². The molecule has 0 saturated heterocycles. The van der Waals surface area contributed by atoms with Crippen molar-refractivity contribution in [3.8, 4) is 5.75 Å². The standard InChI is InChI=1S/C17H17Cl2NO2/c1-11-5-3-4-6-14(11)12(2)20-17(21)10-22-16-9-13(18)7-8-15(16)19/h3-9,12H,10H2,1-2H3,(H,20,21). The van der Waals surface area contributed by atoms with Crippen LogP contribution in [0.5, 0.6) is 5.75 Å². The van der Waals surface area contributed by atoms with Crippen LogP contribution in [0.2, 0.25) is 10.0 Å². The fraction of sp³-hybridized carbons (Fsp3) is 0.235. The summed E-state index contributed by atoms with van der Waals surface area (Å²) >= 11 is 11.9. The third-order valence-electron chi connectivity index (χ3n) is 3.28. The van der Waals surface area contributed by atoms with Gasteiger partial charge in [0.2, 0.25) is 0 Å². The number of rotatable bonds is 5. The van der Waals surface area contributed by atoms with E-state index in [0.717, 1.165) is 11.1 Å². The van der Waals surface area contributed by atoms with E-state index in [9.17, 15) is 4.79 Å². The normalized spacial score (nSPS) is 11.8. The molecule has 2 aromatic carbocycles. The van der Waals surface area contributed by atoms with Crippen molar-refractivity contribution in [1.29, 1.82) is 0 Å². The van der Waals surface area contributed by atoms with Gasteiger partial charge in [0.1, 0.15) is 5.75 Å². The van der Waals surface area contributed by atoms with Gasteiger partial charge in [-0.3, -0.25) is 4.79 Å². The molecule has 1 amide bonds. The summed E-state index contributed by atoms with van der Waals surface area (Å²) in [6, 6.07) is 12.7. The molecule has 1 N–H and O–H groups in total. The number of hydrogen-bond acceptors (Lipinski definition) is 2. The van der Waals surface area contributed by atoms with E-state index in [1.165, 1.54) is 0 Å². The molecule has 0 saturated carbocycles. The van der Waals surface area contributed by atoms with Crippen LogP contribution < -0.4 is 10.1 Å². The van der Waals surface area contributed by atoms with E-state index in [4.69, 9.17) is 27.9 Å². The molecule has 1 unspecified atom stereocenters. The number of carbonyl (C=O) groups is 1. The summed E-state index contributed by atoms with van der Waals surface area (Å²) in [7, 11) is 0. The zero-order valence-electron chi connectivity index (χ0n) is 12.4. The Kier molecular flexibility index (Phi) is 5.69. The average Bonchev–Trinajstić information content (AvgIpc) is 2.48. The summed E-state index contributed by atoms with van der Waals surface area (Å²) in [5.74, 6) is 0.180. The molecular weight excluding hydrogens is 321 g/mol. The van der Waals surface area contributed by atoms with Crippen LogP contribution in [0.25, 0.3) is 0 Å². The first-order valence-electron chi connectivity index (χ1n) is 6.90. The van der Waals surface area contributed by atoms with E-state index in [1.54, 1.807) is 18.2 Å². The Balaban J connectivity index is 1.93. The highest BCUT2D eigenvalue weighted by Crippen LogP contribution is 2.27. The number of benzene rings is 2. The molecule has 0 bridgehead atoms. The third-order valence-corrected chi connectivity index (χ3v) is 3.83. The van der Waals surface area contributed by atoms with Crippen LogP contribution in [0.4, 0.5) is 0 Å². The van der Waals surface area contributed by atoms with Gasteiger partial charge in [-0.2, -0.15) is 0 Å². The van der Waals surface area contributed by atoms with Gasteiger partial charge < -0.3 is 10.1 Å². The molecule has 5 heteroatoms. The van der Waals surface area contributed by atoms with Crippen molar-refractivity contribution in [2.45, 2.75) is 19.9 Å². The average molecular weight is 338 g/mol. The van der Waals surface area contributed by atoms with Crippen molar-refractivity contribution in [2.24, 2.45) is 0 Å². The second-order valence-corrected chi connectivity index (χ2v) is 5.85. The van der Waals surface area contributed by atoms with Gasteiger partial charge in [0, 0.05) is 11.1 Å². The fourth-order valence-corrected chi connectivity index (χ4v) is 2.50. The Morgan fingerprint density at radius 3 is 2.68 bits per heavy atom. The van der Waals surface area contributed by atoms with Gasteiger partial charge in [0.25, 0.3) is 5.91 Å². The largest absolute Gasteiger partial charge is 0.482 e. The number of aryl methyl sites for hydroxylation is 1. The SMILES string of the molecule is Cc1ccccc1C(C)NC(=O)COc1cc(Cl)ccc1Cl. The highest BCUT2D eigenvalue weighted by atomic mass is 35.5. The molecule has 0 aliphatic carbocycles. The lowest BCUT2D eigenvalue weighted by Crippen LogP contribution is -2.31. The Morgan fingerprint density at radius 1 is 1.23 bits per heavy atom. The van der Waals surface area contributed by atoms with Crippen LogP contribution in [0.15, 0.2) is 42.5 Å². The van der Waals surface area contributed by atoms with Gasteiger partial charge >= 0.3 is 0 Å². The maximum atomic E-state index is 12.0. The monoisotopic (exact) mass is 337 g/mol. The van der Waals surface area contributed by atoms with Gasteiger partial charge in [0.05, 0.1) is 11.1 Å². The van der Waals surface area contributed by atoms with Gasteiger partial charge in [-0.1, -0.05) is 47.5 Å². The molecule has 0 heterocycles. The van der Waals surface area contributed by atoms with Crippen LogP contribution in [-0.4, -0.2) is 12.5 Å². The second kappa shape index (κ2) is 7.52. The number of amides is 1. The van der Waals surface area contributed by atoms with Crippen LogP contribution in [0, 0.1) is 6.92 Å². The van der Waals surface area contributed by atoms with Crippen LogP contribution >= 0.6 is 23.2 Å². The number of carbonyl (C=O) groups excluding carboxylic acids is 1. The van der Waals surface area contributed by atoms with E-state index in [0.29, 0.717) is 15.8 Å².